The second kappa shape index (κ2) is 13.3. The molecule has 2 unspecified atom stereocenters. The molecule has 0 amide bonds. The maximum Gasteiger partial charge on any atom is 0.518 e. The summed E-state index contributed by atoms with van der Waals surface area (Å²) in [6.45, 7) is 5.69. The van der Waals surface area contributed by atoms with Gasteiger partial charge >= 0.3 is 17.6 Å². The van der Waals surface area contributed by atoms with Gasteiger partial charge in [0.2, 0.25) is 0 Å². The Morgan fingerprint density at radius 1 is 0.692 bits per heavy atom. The first-order valence-corrected chi connectivity index (χ1v) is 12.8. The Balaban J connectivity index is 6.06. The molecule has 0 bridgehead atoms. The van der Waals surface area contributed by atoms with E-state index in [1.54, 1.807) is 42.7 Å². The summed E-state index contributed by atoms with van der Waals surface area (Å²) in [6.07, 6.45) is 3.50. The molecule has 8 nitrogen and oxygen atoms in total. The van der Waals surface area contributed by atoms with Crippen LogP contribution in [0.2, 0.25) is 0 Å². The van der Waals surface area contributed by atoms with E-state index in [1.165, 1.54) is 0 Å². The lowest BCUT2D eigenvalue weighted by atomic mass is 10.2. The Kier molecular flexibility index (Phi) is 13.4. The number of hydrogen-bond donors (Lipinski definition) is 1. The van der Waals surface area contributed by atoms with Gasteiger partial charge in [0.15, 0.2) is 0 Å². The van der Waals surface area contributed by atoms with Gasteiger partial charge in [0.05, 0.1) is 11.3 Å². The van der Waals surface area contributed by atoms with Crippen LogP contribution in [0.3, 0.4) is 0 Å². The number of rotatable bonds is 16. The highest BCUT2D eigenvalue weighted by Gasteiger charge is 2.57. The monoisotopic (exact) mass is 412 g/mol. The van der Waals surface area contributed by atoms with E-state index >= 15 is 0 Å². The van der Waals surface area contributed by atoms with E-state index in [-0.39, 0.29) is 11.3 Å². The summed E-state index contributed by atoms with van der Waals surface area (Å²) in [7, 11) is 4.05. The third kappa shape index (κ3) is 5.80. The zero-order valence-corrected chi connectivity index (χ0v) is 19.9. The van der Waals surface area contributed by atoms with Gasteiger partial charge in [0.25, 0.3) is 0 Å². The first kappa shape index (κ1) is 26.1. The van der Waals surface area contributed by atoms with Crippen molar-refractivity contribution < 1.29 is 26.6 Å². The van der Waals surface area contributed by atoms with Crippen molar-refractivity contribution >= 4 is 17.6 Å². The topological polar surface area (TPSA) is 84.6 Å². The molecule has 0 saturated carbocycles. The first-order valence-electron chi connectivity index (χ1n) is 9.22. The predicted molar refractivity (Wildman–Crippen MR) is 107 cm³/mol. The maximum atomic E-state index is 5.81. The summed E-state index contributed by atoms with van der Waals surface area (Å²) in [5.41, 5.74) is 5.62. The first-order chi connectivity index (χ1) is 12.5. The van der Waals surface area contributed by atoms with Crippen LogP contribution in [0.15, 0.2) is 0 Å². The zero-order valence-electron chi connectivity index (χ0n) is 17.9. The average molecular weight is 413 g/mol. The Morgan fingerprint density at radius 2 is 1.04 bits per heavy atom. The minimum absolute atomic E-state index is 0.0439. The van der Waals surface area contributed by atoms with Crippen LogP contribution in [-0.4, -0.2) is 89.6 Å². The molecule has 158 valence electrons. The minimum atomic E-state index is -2.92. The molecule has 2 atom stereocenters. The normalized spacial score (nSPS) is 15.5. The van der Waals surface area contributed by atoms with Gasteiger partial charge in [-0.15, -0.1) is 0 Å². The van der Waals surface area contributed by atoms with Crippen molar-refractivity contribution in [3.63, 3.8) is 0 Å². The molecule has 0 radical (unpaired) electrons. The smallest absolute Gasteiger partial charge is 0.376 e. The van der Waals surface area contributed by atoms with Crippen molar-refractivity contribution in [3.8, 4) is 0 Å². The van der Waals surface area contributed by atoms with Crippen LogP contribution < -0.4 is 5.73 Å². The molecule has 0 aliphatic carbocycles. The highest BCUT2D eigenvalue weighted by Crippen LogP contribution is 2.29. The fourth-order valence-electron chi connectivity index (χ4n) is 3.66. The fraction of sp³-hybridized carbons (Fsp3) is 1.00. The van der Waals surface area contributed by atoms with E-state index in [0.29, 0.717) is 6.54 Å². The molecule has 26 heavy (non-hydrogen) atoms. The molecular weight excluding hydrogens is 372 g/mol. The predicted octanol–water partition coefficient (Wildman–Crippen LogP) is 1.42. The van der Waals surface area contributed by atoms with Gasteiger partial charge in [0, 0.05) is 42.7 Å². The van der Waals surface area contributed by atoms with E-state index in [2.05, 4.69) is 18.7 Å². The second-order valence-corrected chi connectivity index (χ2v) is 12.2. The second-order valence-electron chi connectivity index (χ2n) is 6.01. The van der Waals surface area contributed by atoms with Crippen molar-refractivity contribution in [1.82, 2.24) is 4.90 Å². The minimum Gasteiger partial charge on any atom is -0.376 e. The van der Waals surface area contributed by atoms with E-state index in [4.69, 9.17) is 32.3 Å². The largest absolute Gasteiger partial charge is 0.518 e. The Bertz CT molecular complexity index is 315. The lowest BCUT2D eigenvalue weighted by Crippen LogP contribution is -2.69. The summed E-state index contributed by atoms with van der Waals surface area (Å²) in [5.74, 6) is 0. The van der Waals surface area contributed by atoms with Gasteiger partial charge in [-0.3, -0.25) is 4.90 Å². The number of hydrogen-bond acceptors (Lipinski definition) is 8. The Hall–Kier alpha value is 0.114. The van der Waals surface area contributed by atoms with E-state index in [0.717, 1.165) is 32.2 Å². The highest BCUT2D eigenvalue weighted by molar-refractivity contribution is 6.64. The maximum absolute atomic E-state index is 5.81. The van der Waals surface area contributed by atoms with Crippen LogP contribution in [0.25, 0.3) is 0 Å². The SMILES string of the molecule is CCC(N(CCCCN)C(CC)[Si](OC)(OC)OC)[Si](OC)(OC)OC. The summed E-state index contributed by atoms with van der Waals surface area (Å²) in [4.78, 5) is 2.35. The van der Waals surface area contributed by atoms with E-state index in [9.17, 15) is 0 Å². The van der Waals surface area contributed by atoms with Crippen molar-refractivity contribution in [2.45, 2.75) is 50.9 Å². The fourth-order valence-corrected chi connectivity index (χ4v) is 8.87. The quantitative estimate of drug-likeness (QED) is 0.301. The van der Waals surface area contributed by atoms with Gasteiger partial charge in [-0.25, -0.2) is 0 Å². The summed E-state index contributed by atoms with van der Waals surface area (Å²) >= 11 is 0. The van der Waals surface area contributed by atoms with Crippen LogP contribution >= 0.6 is 0 Å². The molecule has 0 spiro atoms. The van der Waals surface area contributed by atoms with Gasteiger partial charge in [-0.2, -0.15) is 0 Å². The van der Waals surface area contributed by atoms with Gasteiger partial charge in [0.1, 0.15) is 0 Å². The molecule has 0 aliphatic rings. The van der Waals surface area contributed by atoms with Gasteiger partial charge in [-0.05, 0) is 38.8 Å². The molecule has 2 N–H and O–H groups in total. The van der Waals surface area contributed by atoms with E-state index < -0.39 is 17.6 Å². The highest BCUT2D eigenvalue weighted by atomic mass is 28.4. The summed E-state index contributed by atoms with van der Waals surface area (Å²) < 4.78 is 34.8. The van der Waals surface area contributed by atoms with Gasteiger partial charge < -0.3 is 32.3 Å². The molecule has 0 saturated heterocycles. The third-order valence-corrected chi connectivity index (χ3v) is 11.5. The number of nitrogens with zero attached hydrogens (tertiary/aromatic N) is 1. The van der Waals surface area contributed by atoms with Crippen molar-refractivity contribution in [1.29, 1.82) is 0 Å². The third-order valence-electron chi connectivity index (χ3n) is 4.97. The molecule has 0 aromatic rings. The molecule has 0 heterocycles. The van der Waals surface area contributed by atoms with Gasteiger partial charge in [-0.1, -0.05) is 13.8 Å². The lowest BCUT2D eigenvalue weighted by molar-refractivity contribution is 0.0331. The molecule has 0 aliphatic heterocycles. The lowest BCUT2D eigenvalue weighted by Gasteiger charge is -2.46. The van der Waals surface area contributed by atoms with Crippen LogP contribution in [-0.2, 0) is 26.6 Å². The molecule has 0 fully saturated rings. The molecule has 0 aromatic carbocycles. The van der Waals surface area contributed by atoms with Crippen LogP contribution in [0.4, 0.5) is 0 Å². The average Bonchev–Trinajstić information content (AvgIpc) is 2.69. The van der Waals surface area contributed by atoms with Crippen molar-refractivity contribution in [2.24, 2.45) is 5.73 Å². The molecular formula is C16H40N2O6Si2. The number of nitrogens with two attached hydrogens (primary N) is 1. The van der Waals surface area contributed by atoms with Crippen LogP contribution in [0, 0.1) is 0 Å². The Morgan fingerprint density at radius 3 is 1.27 bits per heavy atom. The zero-order chi connectivity index (χ0) is 20.2. The molecule has 0 aromatic heterocycles. The molecule has 10 heteroatoms. The molecule has 0 rings (SSSR count). The van der Waals surface area contributed by atoms with Crippen molar-refractivity contribution in [3.05, 3.63) is 0 Å². The van der Waals surface area contributed by atoms with E-state index in [1.807, 2.05) is 0 Å². The standard InChI is InChI=1S/C16H40N2O6Si2/c1-9-15(25(19-3,20-4)21-5)18(14-12-11-13-17)16(10-2)26(22-6,23-7)24-8/h15-16H,9-14,17H2,1-8H3. The van der Waals surface area contributed by atoms with Crippen LogP contribution in [0.5, 0.6) is 0 Å². The summed E-state index contributed by atoms with van der Waals surface area (Å²) in [5, 5.41) is 0. The van der Waals surface area contributed by atoms with Crippen LogP contribution in [0.1, 0.15) is 39.5 Å². The number of unbranched alkanes of at least 4 members (excludes halogenated alkanes) is 1. The van der Waals surface area contributed by atoms with Crippen molar-refractivity contribution in [2.75, 3.05) is 55.7 Å². The Labute approximate surface area is 161 Å². The summed E-state index contributed by atoms with van der Waals surface area (Å²) in [6, 6.07) is 0.